The van der Waals surface area contributed by atoms with Crippen molar-refractivity contribution >= 4 is 6.29 Å². The van der Waals surface area contributed by atoms with Gasteiger partial charge in [0.15, 0.2) is 25.1 Å². The van der Waals surface area contributed by atoms with Crippen LogP contribution < -0.4 is 9.47 Å². The predicted molar refractivity (Wildman–Crippen MR) is 105 cm³/mol. The summed E-state index contributed by atoms with van der Waals surface area (Å²) in [6.07, 6.45) is 0.757. The summed E-state index contributed by atoms with van der Waals surface area (Å²) >= 11 is 0. The van der Waals surface area contributed by atoms with Crippen molar-refractivity contribution in [1.29, 1.82) is 0 Å². The first-order chi connectivity index (χ1) is 13.8. The van der Waals surface area contributed by atoms with E-state index in [1.54, 1.807) is 18.2 Å². The Morgan fingerprint density at radius 2 is 1.18 bits per heavy atom. The number of hydrogen-bond acceptors (Lipinski definition) is 5. The molecule has 5 heteroatoms. The lowest BCUT2D eigenvalue weighted by molar-refractivity contribution is -0.00997. The quantitative estimate of drug-likeness (QED) is 0.277. The van der Waals surface area contributed by atoms with E-state index >= 15 is 0 Å². The molecule has 0 heterocycles. The molecule has 28 heavy (non-hydrogen) atoms. The molecule has 5 nitrogen and oxygen atoms in total. The lowest BCUT2D eigenvalue weighted by Gasteiger charge is -2.14. The topological polar surface area (TPSA) is 54.0 Å². The molecule has 0 saturated carbocycles. The van der Waals surface area contributed by atoms with Crippen molar-refractivity contribution in [3.8, 4) is 11.5 Å². The van der Waals surface area contributed by atoms with Crippen LogP contribution >= 0.6 is 0 Å². The largest absolute Gasteiger partial charge is 0.464 e. The zero-order valence-corrected chi connectivity index (χ0v) is 15.5. The van der Waals surface area contributed by atoms with E-state index in [0.29, 0.717) is 30.3 Å². The molecule has 0 atom stereocenters. The first kappa shape index (κ1) is 19.6. The van der Waals surface area contributed by atoms with Gasteiger partial charge in [-0.2, -0.15) is 0 Å². The summed E-state index contributed by atoms with van der Waals surface area (Å²) < 4.78 is 22.4. The molecule has 0 bridgehead atoms. The van der Waals surface area contributed by atoms with Crippen molar-refractivity contribution in [2.75, 3.05) is 13.6 Å². The third-order valence-electron chi connectivity index (χ3n) is 3.92. The highest BCUT2D eigenvalue weighted by molar-refractivity contribution is 5.76. The molecule has 0 amide bonds. The zero-order valence-electron chi connectivity index (χ0n) is 15.5. The molecule has 0 unspecified atom stereocenters. The molecule has 0 N–H and O–H groups in total. The fraction of sp³-hybridized carbons (Fsp3) is 0.174. The molecule has 144 valence electrons. The van der Waals surface area contributed by atoms with E-state index in [9.17, 15) is 4.79 Å². The van der Waals surface area contributed by atoms with Gasteiger partial charge in [0.25, 0.3) is 0 Å². The lowest BCUT2D eigenvalue weighted by Crippen LogP contribution is -2.07. The third kappa shape index (κ3) is 6.23. The van der Waals surface area contributed by atoms with Crippen molar-refractivity contribution in [3.63, 3.8) is 0 Å². The van der Waals surface area contributed by atoms with Gasteiger partial charge >= 0.3 is 0 Å². The highest BCUT2D eigenvalue weighted by atomic mass is 16.7. The van der Waals surface area contributed by atoms with E-state index in [-0.39, 0.29) is 13.6 Å². The second-order valence-corrected chi connectivity index (χ2v) is 6.02. The number of benzene rings is 3. The first-order valence-electron chi connectivity index (χ1n) is 8.93. The third-order valence-corrected chi connectivity index (χ3v) is 3.92. The van der Waals surface area contributed by atoms with Crippen LogP contribution in [0.2, 0.25) is 0 Å². The van der Waals surface area contributed by atoms with Crippen LogP contribution in [0.1, 0.15) is 21.5 Å². The number of rotatable bonds is 11. The second kappa shape index (κ2) is 10.9. The monoisotopic (exact) mass is 378 g/mol. The molecule has 3 aromatic rings. The van der Waals surface area contributed by atoms with Crippen molar-refractivity contribution in [3.05, 3.63) is 95.6 Å². The molecule has 0 aliphatic heterocycles. The van der Waals surface area contributed by atoms with Gasteiger partial charge in [0, 0.05) is 5.56 Å². The summed E-state index contributed by atoms with van der Waals surface area (Å²) in [4.78, 5) is 11.0. The number of hydrogen-bond donors (Lipinski definition) is 0. The van der Waals surface area contributed by atoms with E-state index in [4.69, 9.17) is 18.9 Å². The summed E-state index contributed by atoms with van der Waals surface area (Å²) in [6, 6.07) is 24.6. The van der Waals surface area contributed by atoms with Crippen LogP contribution in [0.15, 0.2) is 78.9 Å². The molecule has 3 aromatic carbocycles. The number of carbonyl (C=O) groups is 1. The fourth-order valence-corrected chi connectivity index (χ4v) is 2.51. The smallest absolute Gasteiger partial charge is 0.189 e. The molecule has 0 aliphatic rings. The summed E-state index contributed by atoms with van der Waals surface area (Å²) in [5.74, 6) is 0.919. The number of aldehydes is 1. The van der Waals surface area contributed by atoms with E-state index in [0.717, 1.165) is 17.4 Å². The van der Waals surface area contributed by atoms with Crippen molar-refractivity contribution in [2.45, 2.75) is 13.2 Å². The lowest BCUT2D eigenvalue weighted by atomic mass is 10.2. The maximum absolute atomic E-state index is 11.0. The molecule has 0 spiro atoms. The van der Waals surface area contributed by atoms with Gasteiger partial charge in [0.2, 0.25) is 0 Å². The van der Waals surface area contributed by atoms with E-state index < -0.39 is 0 Å². The van der Waals surface area contributed by atoms with Crippen LogP contribution in [0, 0.1) is 0 Å². The maximum Gasteiger partial charge on any atom is 0.189 e. The van der Waals surface area contributed by atoms with Crippen molar-refractivity contribution < 1.29 is 23.7 Å². The Balaban J connectivity index is 1.49. The fourth-order valence-electron chi connectivity index (χ4n) is 2.51. The summed E-state index contributed by atoms with van der Waals surface area (Å²) in [6.45, 7) is 0.989. The average molecular weight is 378 g/mol. The van der Waals surface area contributed by atoms with Crippen molar-refractivity contribution in [2.24, 2.45) is 0 Å². The van der Waals surface area contributed by atoms with Crippen LogP contribution in [-0.4, -0.2) is 19.9 Å². The molecule has 0 aromatic heterocycles. The zero-order chi connectivity index (χ0) is 19.4. The van der Waals surface area contributed by atoms with E-state index in [2.05, 4.69) is 0 Å². The number of carbonyl (C=O) groups excluding carboxylic acids is 1. The SMILES string of the molecule is O=Cc1ccc(OCOCc2ccccc2)c(OCOCc2ccccc2)c1. The molecule has 0 saturated heterocycles. The van der Waals surface area contributed by atoms with Crippen molar-refractivity contribution in [1.82, 2.24) is 0 Å². The van der Waals surface area contributed by atoms with Gasteiger partial charge in [-0.1, -0.05) is 60.7 Å². The Kier molecular flexibility index (Phi) is 7.61. The second-order valence-electron chi connectivity index (χ2n) is 6.02. The van der Waals surface area contributed by atoms with Gasteiger partial charge in [-0.05, 0) is 29.3 Å². The summed E-state index contributed by atoms with van der Waals surface area (Å²) in [7, 11) is 0. The van der Waals surface area contributed by atoms with Crippen LogP contribution in [0.25, 0.3) is 0 Å². The van der Waals surface area contributed by atoms with Gasteiger partial charge in [-0.25, -0.2) is 0 Å². The van der Waals surface area contributed by atoms with Crippen LogP contribution in [0.4, 0.5) is 0 Å². The van der Waals surface area contributed by atoms with Crippen LogP contribution in [0.3, 0.4) is 0 Å². The van der Waals surface area contributed by atoms with Gasteiger partial charge in [0.1, 0.15) is 6.29 Å². The van der Waals surface area contributed by atoms with Crippen LogP contribution in [-0.2, 0) is 22.7 Å². The maximum atomic E-state index is 11.0. The molecule has 0 fully saturated rings. The normalized spacial score (nSPS) is 10.4. The number of ether oxygens (including phenoxy) is 4. The summed E-state index contributed by atoms with van der Waals surface area (Å²) in [5, 5.41) is 0. The molecular formula is C23H22O5. The Bertz CT molecular complexity index is 849. The Morgan fingerprint density at radius 3 is 1.71 bits per heavy atom. The highest BCUT2D eigenvalue weighted by Crippen LogP contribution is 2.28. The summed E-state index contributed by atoms with van der Waals surface area (Å²) in [5.41, 5.74) is 2.61. The Hall–Kier alpha value is -3.15. The minimum atomic E-state index is 0.0401. The molecule has 0 radical (unpaired) electrons. The average Bonchev–Trinajstić information content (AvgIpc) is 2.76. The Labute approximate surface area is 164 Å². The van der Waals surface area contributed by atoms with E-state index in [1.165, 1.54) is 0 Å². The molecule has 3 rings (SSSR count). The Morgan fingerprint density at radius 1 is 0.643 bits per heavy atom. The highest BCUT2D eigenvalue weighted by Gasteiger charge is 2.07. The van der Waals surface area contributed by atoms with Crippen LogP contribution in [0.5, 0.6) is 11.5 Å². The van der Waals surface area contributed by atoms with Gasteiger partial charge in [-0.15, -0.1) is 0 Å². The van der Waals surface area contributed by atoms with Gasteiger partial charge < -0.3 is 18.9 Å². The standard InChI is InChI=1S/C23H22O5/c24-14-21-11-12-22(27-17-25-15-19-7-3-1-4-8-19)23(13-21)28-18-26-16-20-9-5-2-6-10-20/h1-14H,15-18H2. The molecular weight excluding hydrogens is 356 g/mol. The van der Waals surface area contributed by atoms with E-state index in [1.807, 2.05) is 60.7 Å². The first-order valence-corrected chi connectivity index (χ1v) is 8.93. The minimum absolute atomic E-state index is 0.0401. The minimum Gasteiger partial charge on any atom is -0.464 e. The van der Waals surface area contributed by atoms with Gasteiger partial charge in [0.05, 0.1) is 13.2 Å². The predicted octanol–water partition coefficient (Wildman–Crippen LogP) is 4.61. The molecule has 0 aliphatic carbocycles. The van der Waals surface area contributed by atoms with Gasteiger partial charge in [-0.3, -0.25) is 4.79 Å².